The summed E-state index contributed by atoms with van der Waals surface area (Å²) in [6.45, 7) is 3.36. The molecular weight excluding hydrogens is 456 g/mol. The lowest BCUT2D eigenvalue weighted by molar-refractivity contribution is 0.0697. The van der Waals surface area contributed by atoms with Crippen LogP contribution < -0.4 is 4.74 Å². The number of carboxylic acids is 1. The predicted molar refractivity (Wildman–Crippen MR) is 136 cm³/mol. The van der Waals surface area contributed by atoms with E-state index in [0.29, 0.717) is 24.8 Å². The number of pyridine rings is 2. The van der Waals surface area contributed by atoms with Gasteiger partial charge >= 0.3 is 5.97 Å². The number of aromatic carboxylic acids is 1. The molecule has 4 heterocycles. The zero-order valence-corrected chi connectivity index (χ0v) is 19.7. The fourth-order valence-corrected chi connectivity index (χ4v) is 4.86. The van der Waals surface area contributed by atoms with Gasteiger partial charge in [-0.15, -0.1) is 0 Å². The second-order valence-electron chi connectivity index (χ2n) is 9.04. The number of carbonyl (C=O) groups is 1. The smallest absolute Gasteiger partial charge is 0.335 e. The first-order chi connectivity index (χ1) is 17.6. The number of hydrogen-bond acceptors (Lipinski definition) is 6. The Kier molecular flexibility index (Phi) is 5.58. The van der Waals surface area contributed by atoms with Gasteiger partial charge in [0.15, 0.2) is 0 Å². The van der Waals surface area contributed by atoms with Gasteiger partial charge in [-0.3, -0.25) is 10.1 Å². The van der Waals surface area contributed by atoms with Gasteiger partial charge in [-0.05, 0) is 79.2 Å². The first kappa shape index (κ1) is 22.2. The van der Waals surface area contributed by atoms with Gasteiger partial charge in [0.05, 0.1) is 23.0 Å². The summed E-state index contributed by atoms with van der Waals surface area (Å²) in [6.07, 6.45) is 5.39. The molecule has 0 unspecified atom stereocenters. The summed E-state index contributed by atoms with van der Waals surface area (Å²) in [5.41, 5.74) is 5.11. The molecule has 0 radical (unpaired) electrons. The van der Waals surface area contributed by atoms with Crippen LogP contribution in [0.2, 0.25) is 0 Å². The molecule has 1 aliphatic heterocycles. The molecule has 2 aromatic carbocycles. The summed E-state index contributed by atoms with van der Waals surface area (Å²) in [4.78, 5) is 20.8. The number of H-pyrrole nitrogens is 1. The van der Waals surface area contributed by atoms with E-state index in [2.05, 4.69) is 27.3 Å². The molecule has 0 atom stereocenters. The van der Waals surface area contributed by atoms with Crippen LogP contribution in [0.15, 0.2) is 60.9 Å². The Morgan fingerprint density at radius 1 is 1.08 bits per heavy atom. The molecule has 8 nitrogen and oxygen atoms in total. The molecule has 0 spiro atoms. The zero-order chi connectivity index (χ0) is 24.6. The van der Waals surface area contributed by atoms with Crippen molar-refractivity contribution < 1.29 is 19.4 Å². The van der Waals surface area contributed by atoms with Crippen LogP contribution in [0.1, 0.15) is 40.5 Å². The first-order valence-corrected chi connectivity index (χ1v) is 11.9. The number of aromatic amines is 1. The lowest BCUT2D eigenvalue weighted by Crippen LogP contribution is -2.16. The van der Waals surface area contributed by atoms with Gasteiger partial charge in [-0.2, -0.15) is 5.10 Å². The molecule has 180 valence electrons. The molecule has 0 saturated carbocycles. The highest BCUT2D eigenvalue weighted by Crippen LogP contribution is 2.43. The van der Waals surface area contributed by atoms with Gasteiger partial charge in [0.25, 0.3) is 0 Å². The molecule has 3 aromatic heterocycles. The maximum absolute atomic E-state index is 11.3. The Labute approximate surface area is 206 Å². The number of hydrogen-bond donors (Lipinski definition) is 2. The van der Waals surface area contributed by atoms with Crippen molar-refractivity contribution in [2.24, 2.45) is 0 Å². The lowest BCUT2D eigenvalue weighted by atomic mass is 9.87. The maximum Gasteiger partial charge on any atom is 0.335 e. The molecule has 1 fully saturated rings. The molecule has 8 heteroatoms. The topological polar surface area (TPSA) is 110 Å². The van der Waals surface area contributed by atoms with E-state index in [1.165, 1.54) is 12.1 Å². The Morgan fingerprint density at radius 2 is 1.89 bits per heavy atom. The number of nitrogens with one attached hydrogen (secondary N) is 1. The van der Waals surface area contributed by atoms with Crippen molar-refractivity contribution in [1.29, 1.82) is 0 Å². The van der Waals surface area contributed by atoms with Crippen LogP contribution in [0.5, 0.6) is 11.6 Å². The summed E-state index contributed by atoms with van der Waals surface area (Å²) in [7, 11) is 0. The van der Waals surface area contributed by atoms with Crippen molar-refractivity contribution in [1.82, 2.24) is 20.2 Å². The number of aromatic nitrogens is 4. The minimum Gasteiger partial charge on any atom is -0.478 e. The molecule has 1 aliphatic rings. The van der Waals surface area contributed by atoms with E-state index in [0.717, 1.165) is 57.0 Å². The summed E-state index contributed by atoms with van der Waals surface area (Å²) < 4.78 is 12.0. The van der Waals surface area contributed by atoms with Crippen molar-refractivity contribution in [3.8, 4) is 22.8 Å². The zero-order valence-electron chi connectivity index (χ0n) is 19.7. The quantitative estimate of drug-likeness (QED) is 0.324. The third-order valence-electron chi connectivity index (χ3n) is 6.67. The van der Waals surface area contributed by atoms with E-state index in [1.807, 2.05) is 31.5 Å². The van der Waals surface area contributed by atoms with E-state index < -0.39 is 5.97 Å². The van der Waals surface area contributed by atoms with E-state index in [-0.39, 0.29) is 11.5 Å². The van der Waals surface area contributed by atoms with E-state index in [1.54, 1.807) is 12.1 Å². The molecule has 2 N–H and O–H groups in total. The monoisotopic (exact) mass is 480 g/mol. The van der Waals surface area contributed by atoms with Gasteiger partial charge < -0.3 is 14.6 Å². The van der Waals surface area contributed by atoms with Crippen LogP contribution >= 0.6 is 0 Å². The second-order valence-corrected chi connectivity index (χ2v) is 9.04. The second kappa shape index (κ2) is 9.05. The molecule has 0 aliphatic carbocycles. The van der Waals surface area contributed by atoms with E-state index >= 15 is 0 Å². The summed E-state index contributed by atoms with van der Waals surface area (Å²) in [5.74, 6) is 0.221. The molecule has 1 saturated heterocycles. The minimum atomic E-state index is -0.981. The van der Waals surface area contributed by atoms with Gasteiger partial charge in [-0.1, -0.05) is 0 Å². The molecule has 0 bridgehead atoms. The summed E-state index contributed by atoms with van der Waals surface area (Å²) in [6, 6.07) is 14.6. The van der Waals surface area contributed by atoms with Crippen molar-refractivity contribution in [2.75, 3.05) is 13.2 Å². The Morgan fingerprint density at radius 3 is 2.64 bits per heavy atom. The Balaban J connectivity index is 1.61. The van der Waals surface area contributed by atoms with Crippen LogP contribution in [0, 0.1) is 6.92 Å². The van der Waals surface area contributed by atoms with Gasteiger partial charge in [-0.25, -0.2) is 9.78 Å². The number of rotatable bonds is 5. The normalized spacial score (nSPS) is 14.4. The number of benzene rings is 2. The largest absolute Gasteiger partial charge is 0.478 e. The van der Waals surface area contributed by atoms with Gasteiger partial charge in [0.2, 0.25) is 5.88 Å². The number of ether oxygens (including phenoxy) is 2. The predicted octanol–water partition coefficient (Wildman–Crippen LogP) is 5.87. The lowest BCUT2D eigenvalue weighted by Gasteiger charge is -2.26. The van der Waals surface area contributed by atoms with Crippen molar-refractivity contribution >= 4 is 27.6 Å². The number of carboxylic acid groups (broad SMARTS) is 1. The molecule has 0 amide bonds. The van der Waals surface area contributed by atoms with E-state index in [4.69, 9.17) is 14.5 Å². The summed E-state index contributed by atoms with van der Waals surface area (Å²) in [5, 5.41) is 19.4. The maximum atomic E-state index is 11.3. The molecule has 36 heavy (non-hydrogen) atoms. The number of nitrogens with zero attached hydrogens (tertiary/aromatic N) is 3. The first-order valence-electron chi connectivity index (χ1n) is 11.9. The fourth-order valence-electron chi connectivity index (χ4n) is 4.86. The third kappa shape index (κ3) is 4.05. The standard InChI is InChI=1S/C28H24N4O4/c1-16-12-19(6-9-29-16)25-22-13-20-15-30-32-24(20)14-23(22)27(31-26(25)17-7-10-35-11-8-17)36-21-4-2-18(3-5-21)28(33)34/h2-6,9,12-15,17H,7-8,10-11H2,1H3,(H,30,32)(H,33,34). The average Bonchev–Trinajstić information content (AvgIpc) is 3.36. The number of fused-ring (bicyclic) bond motifs is 2. The highest BCUT2D eigenvalue weighted by molar-refractivity contribution is 6.06. The van der Waals surface area contributed by atoms with Crippen LogP contribution in [0.4, 0.5) is 0 Å². The minimum absolute atomic E-state index is 0.200. The fraction of sp³-hybridized carbons (Fsp3) is 0.214. The van der Waals surface area contributed by atoms with Gasteiger partial charge in [0, 0.05) is 47.4 Å². The Hall–Kier alpha value is -4.30. The molecular formula is C28H24N4O4. The summed E-state index contributed by atoms with van der Waals surface area (Å²) >= 11 is 0. The van der Waals surface area contributed by atoms with Crippen molar-refractivity contribution in [3.63, 3.8) is 0 Å². The van der Waals surface area contributed by atoms with Crippen molar-refractivity contribution in [2.45, 2.75) is 25.7 Å². The Bertz CT molecular complexity index is 1590. The van der Waals surface area contributed by atoms with Crippen LogP contribution in [0.3, 0.4) is 0 Å². The van der Waals surface area contributed by atoms with Crippen molar-refractivity contribution in [3.05, 3.63) is 77.9 Å². The van der Waals surface area contributed by atoms with Crippen LogP contribution in [-0.4, -0.2) is 44.5 Å². The highest BCUT2D eigenvalue weighted by Gasteiger charge is 2.26. The molecule has 6 rings (SSSR count). The SMILES string of the molecule is Cc1cc(-c2c(C3CCOCC3)nc(Oc3ccc(C(=O)O)cc3)c3cc4[nH]ncc4cc23)ccn1. The number of aryl methyl sites for hydroxylation is 1. The van der Waals surface area contributed by atoms with Crippen LogP contribution in [0.25, 0.3) is 32.8 Å². The van der Waals surface area contributed by atoms with Gasteiger partial charge in [0.1, 0.15) is 5.75 Å². The third-order valence-corrected chi connectivity index (χ3v) is 6.67. The average molecular weight is 481 g/mol. The highest BCUT2D eigenvalue weighted by atomic mass is 16.5. The van der Waals surface area contributed by atoms with E-state index in [9.17, 15) is 9.90 Å². The van der Waals surface area contributed by atoms with Crippen LogP contribution in [-0.2, 0) is 4.74 Å². The molecule has 5 aromatic rings.